The molecular weight excluding hydrogens is 1000 g/mol. The number of esters is 1. The van der Waals surface area contributed by atoms with Crippen LogP contribution < -0.4 is 0 Å². The number of hydrogen-bond acceptors (Lipinski definition) is 6. The first-order valence-corrected chi connectivity index (χ1v) is 29.5. The Morgan fingerprint density at radius 1 is 0.354 bits per heavy atom. The molecular formula is C76H60N4O2. The summed E-state index contributed by atoms with van der Waals surface area (Å²) in [5.41, 5.74) is 20.0. The third kappa shape index (κ3) is 6.97. The maximum Gasteiger partial charge on any atom is 0.305 e. The van der Waals surface area contributed by atoms with Crippen LogP contribution in [0.25, 0.3) is 88.6 Å². The molecule has 4 atom stereocenters. The zero-order valence-electron chi connectivity index (χ0n) is 46.3. The Balaban J connectivity index is 1.05. The summed E-state index contributed by atoms with van der Waals surface area (Å²) < 4.78 is 5.91. The van der Waals surface area contributed by atoms with Gasteiger partial charge in [0.25, 0.3) is 0 Å². The van der Waals surface area contributed by atoms with Gasteiger partial charge in [0.2, 0.25) is 0 Å². The van der Waals surface area contributed by atoms with Crippen molar-refractivity contribution in [1.29, 1.82) is 0 Å². The van der Waals surface area contributed by atoms with Crippen molar-refractivity contribution in [3.63, 3.8) is 0 Å². The lowest BCUT2D eigenvalue weighted by Crippen LogP contribution is -2.46. The van der Waals surface area contributed by atoms with Crippen LogP contribution in [0, 0.1) is 0 Å². The van der Waals surface area contributed by atoms with E-state index in [1.54, 1.807) is 0 Å². The van der Waals surface area contributed by atoms with Crippen LogP contribution in [0.3, 0.4) is 0 Å². The van der Waals surface area contributed by atoms with E-state index in [9.17, 15) is 4.79 Å². The van der Waals surface area contributed by atoms with Crippen molar-refractivity contribution in [1.82, 2.24) is 19.9 Å². The second-order valence-corrected chi connectivity index (χ2v) is 23.8. The van der Waals surface area contributed by atoms with Crippen LogP contribution in [0.1, 0.15) is 110 Å². The maximum absolute atomic E-state index is 14.3. The minimum absolute atomic E-state index is 0.193. The fourth-order valence-electron chi connectivity index (χ4n) is 16.3. The minimum atomic E-state index is -0.771. The highest BCUT2D eigenvalue weighted by molar-refractivity contribution is 5.94. The zero-order valence-corrected chi connectivity index (χ0v) is 46.3. The highest BCUT2D eigenvalue weighted by Gasteiger charge is 2.61. The lowest BCUT2D eigenvalue weighted by molar-refractivity contribution is -0.143. The van der Waals surface area contributed by atoms with Crippen LogP contribution in [-0.4, -0.2) is 32.5 Å². The van der Waals surface area contributed by atoms with Gasteiger partial charge in [-0.25, -0.2) is 19.9 Å². The van der Waals surface area contributed by atoms with Crippen molar-refractivity contribution >= 4 is 49.6 Å². The fraction of sp³-hybridized carbons (Fsp3) is 0.197. The first-order chi connectivity index (χ1) is 40.3. The fourth-order valence-corrected chi connectivity index (χ4v) is 16.3. The summed E-state index contributed by atoms with van der Waals surface area (Å²) in [5.74, 6) is -0.193. The number of rotatable bonds is 13. The molecule has 0 bridgehead atoms. The van der Waals surface area contributed by atoms with E-state index in [0.717, 1.165) is 109 Å². The summed E-state index contributed by atoms with van der Waals surface area (Å²) in [6.07, 6.45) is 5.79. The number of fused-ring (bicyclic) bond motifs is 16. The SMILES string of the molecule is CCCC[C@@]1(C[C@@]2(C[C@@]3(C[C@@]4(CCC(=O)OCC)c5ccccc5-c5nc6ccccc6cc54)c4ccccc4-c4nc5ccccc5cc43)c3ccccc3-c3nc4ccccc4cc32)c2ccccc2-c2nc3ccccc3cc21. The smallest absolute Gasteiger partial charge is 0.305 e. The Labute approximate surface area is 478 Å². The van der Waals surface area contributed by atoms with Gasteiger partial charge in [0.1, 0.15) is 0 Å². The molecule has 16 rings (SSSR count). The molecule has 0 N–H and O–H groups in total. The van der Waals surface area contributed by atoms with E-state index in [4.69, 9.17) is 24.7 Å². The van der Waals surface area contributed by atoms with Crippen LogP contribution in [0.4, 0.5) is 0 Å². The number of carbonyl (C=O) groups is 1. The van der Waals surface area contributed by atoms with E-state index in [1.165, 1.54) is 50.1 Å². The van der Waals surface area contributed by atoms with E-state index in [1.807, 2.05) is 6.92 Å². The van der Waals surface area contributed by atoms with Crippen LogP contribution in [0.2, 0.25) is 0 Å². The van der Waals surface area contributed by atoms with E-state index >= 15 is 0 Å². The Morgan fingerprint density at radius 2 is 0.646 bits per heavy atom. The number of hydrogen-bond donors (Lipinski definition) is 0. The molecule has 396 valence electrons. The first-order valence-electron chi connectivity index (χ1n) is 29.5. The molecule has 0 unspecified atom stereocenters. The van der Waals surface area contributed by atoms with Crippen molar-refractivity contribution in [2.75, 3.05) is 6.61 Å². The summed E-state index contributed by atoms with van der Waals surface area (Å²) in [7, 11) is 0. The number of benzene rings is 8. The summed E-state index contributed by atoms with van der Waals surface area (Å²) in [6.45, 7) is 4.56. The number of carbonyl (C=O) groups excluding carboxylic acids is 1. The van der Waals surface area contributed by atoms with Crippen molar-refractivity contribution in [3.8, 4) is 45.0 Å². The average Bonchev–Trinajstić information content (AvgIpc) is 2.42. The number of para-hydroxylation sites is 4. The standard InChI is InChI=1S/C76H60N4O2/c1-3-5-39-73(56-30-14-10-26-52(56)69-60(73)41-48-22-6-18-34-64(48)77-69)45-75(58-32-16-12-28-54(58)71-62(75)43-50-24-8-20-36-66(50)79-71)47-76(59-33-17-13-29-55(59)72-63(76)44-51-25-9-21-37-67(51)80-72)46-74(40-38-68(81)82-4-2)57-31-15-11-27-53(57)70-61(74)42-49-23-7-19-35-65(49)78-70/h6-37,41-44H,3-5,38-40,45-47H2,1-2H3/t73-,74+,75-,76+/m1/s1. The first kappa shape index (κ1) is 48.7. The molecule has 0 spiro atoms. The van der Waals surface area contributed by atoms with E-state index in [0.29, 0.717) is 25.9 Å². The van der Waals surface area contributed by atoms with Crippen LogP contribution in [-0.2, 0) is 31.2 Å². The lowest BCUT2D eigenvalue weighted by Gasteiger charge is -2.50. The van der Waals surface area contributed by atoms with Gasteiger partial charge in [-0.1, -0.05) is 190 Å². The summed E-state index contributed by atoms with van der Waals surface area (Å²) in [6, 6.07) is 81.0. The molecule has 4 aliphatic carbocycles. The third-order valence-corrected chi connectivity index (χ3v) is 19.6. The van der Waals surface area contributed by atoms with Crippen molar-refractivity contribution < 1.29 is 9.53 Å². The third-order valence-electron chi connectivity index (χ3n) is 19.6. The molecule has 0 saturated heterocycles. The number of nitrogens with zero attached hydrogens (tertiary/aromatic N) is 4. The van der Waals surface area contributed by atoms with E-state index in [-0.39, 0.29) is 12.4 Å². The highest BCUT2D eigenvalue weighted by atomic mass is 16.5. The van der Waals surface area contributed by atoms with Crippen molar-refractivity contribution in [2.45, 2.75) is 86.9 Å². The Morgan fingerprint density at radius 3 is 1.00 bits per heavy atom. The number of ether oxygens (including phenoxy) is 1. The van der Waals surface area contributed by atoms with Gasteiger partial charge in [-0.05, 0) is 132 Å². The number of aromatic nitrogens is 4. The van der Waals surface area contributed by atoms with Gasteiger partial charge in [0.05, 0.1) is 51.4 Å². The molecule has 12 aromatic rings. The monoisotopic (exact) mass is 1060 g/mol. The van der Waals surface area contributed by atoms with Crippen molar-refractivity contribution in [3.05, 3.63) is 263 Å². The summed E-state index contributed by atoms with van der Waals surface area (Å²) >= 11 is 0. The predicted molar refractivity (Wildman–Crippen MR) is 331 cm³/mol. The Bertz CT molecular complexity index is 4640. The van der Waals surface area contributed by atoms with Crippen LogP contribution in [0.5, 0.6) is 0 Å². The predicted octanol–water partition coefficient (Wildman–Crippen LogP) is 17.7. The molecule has 6 heteroatoms. The maximum atomic E-state index is 14.3. The van der Waals surface area contributed by atoms with Gasteiger partial charge in [0, 0.05) is 71.9 Å². The molecule has 0 radical (unpaired) electrons. The van der Waals surface area contributed by atoms with Crippen LogP contribution >= 0.6 is 0 Å². The zero-order chi connectivity index (χ0) is 54.8. The second kappa shape index (κ2) is 18.5. The van der Waals surface area contributed by atoms with Gasteiger partial charge in [-0.3, -0.25) is 4.79 Å². The highest BCUT2D eigenvalue weighted by Crippen LogP contribution is 2.69. The molecule has 8 aromatic carbocycles. The molecule has 4 aliphatic rings. The Kier molecular flexibility index (Phi) is 11.0. The number of unbranched alkanes of at least 4 members (excludes halogenated alkanes) is 1. The molecule has 0 fully saturated rings. The molecule has 0 aliphatic heterocycles. The molecule has 0 saturated carbocycles. The molecule has 6 nitrogen and oxygen atoms in total. The summed E-state index contributed by atoms with van der Waals surface area (Å²) in [4.78, 5) is 37.1. The van der Waals surface area contributed by atoms with Gasteiger partial charge in [0.15, 0.2) is 0 Å². The summed E-state index contributed by atoms with van der Waals surface area (Å²) in [5, 5.41) is 4.45. The molecule has 4 aromatic heterocycles. The van der Waals surface area contributed by atoms with Crippen molar-refractivity contribution in [2.24, 2.45) is 0 Å². The molecule has 0 amide bonds. The average molecular weight is 1060 g/mol. The molecule has 82 heavy (non-hydrogen) atoms. The van der Waals surface area contributed by atoms with Gasteiger partial charge in [-0.15, -0.1) is 0 Å². The largest absolute Gasteiger partial charge is 0.466 e. The molecule has 4 heterocycles. The Hall–Kier alpha value is -9.13. The van der Waals surface area contributed by atoms with E-state index in [2.05, 4.69) is 225 Å². The lowest BCUT2D eigenvalue weighted by atomic mass is 9.52. The topological polar surface area (TPSA) is 77.9 Å². The number of pyridine rings is 4. The van der Waals surface area contributed by atoms with Crippen LogP contribution in [0.15, 0.2) is 218 Å². The van der Waals surface area contributed by atoms with E-state index < -0.39 is 21.7 Å². The normalized spacial score (nSPS) is 20.3. The quantitative estimate of drug-likeness (QED) is 0.107. The second-order valence-electron chi connectivity index (χ2n) is 23.8. The van der Waals surface area contributed by atoms with Gasteiger partial charge < -0.3 is 4.74 Å². The van der Waals surface area contributed by atoms with Gasteiger partial charge >= 0.3 is 5.97 Å². The van der Waals surface area contributed by atoms with Gasteiger partial charge in [-0.2, -0.15) is 0 Å². The minimum Gasteiger partial charge on any atom is -0.466 e.